The van der Waals surface area contributed by atoms with E-state index in [1.807, 2.05) is 43.3 Å². The van der Waals surface area contributed by atoms with Gasteiger partial charge in [-0.05, 0) is 25.5 Å². The summed E-state index contributed by atoms with van der Waals surface area (Å²) >= 11 is 0. The lowest BCUT2D eigenvalue weighted by atomic mass is 9.94. The number of carbonyl (C=O) groups is 2. The summed E-state index contributed by atoms with van der Waals surface area (Å²) in [6.45, 7) is 8.34. The van der Waals surface area contributed by atoms with Crippen molar-refractivity contribution in [2.45, 2.75) is 26.4 Å². The number of methoxy groups -OCH3 is 3. The standard InChI is InChI=1S/C29H38N4O6/c1-6-39-28(34)24-22(30-29(35)31-25(24)20-9-7-19(2)8-10-20)18-33-15-13-32(14-16-33)17-21-11-12-23(36-3)27(38-5)26(21)37-4/h7-12,25H,6,13-18H2,1-5H3,(H2,30,31,35). The molecule has 1 saturated heterocycles. The summed E-state index contributed by atoms with van der Waals surface area (Å²) in [4.78, 5) is 30.3. The molecule has 1 atom stereocenters. The van der Waals surface area contributed by atoms with Crippen molar-refractivity contribution in [3.63, 3.8) is 0 Å². The number of hydrogen-bond donors (Lipinski definition) is 2. The second kappa shape index (κ2) is 12.9. The van der Waals surface area contributed by atoms with E-state index >= 15 is 0 Å². The maximum Gasteiger partial charge on any atom is 0.338 e. The molecule has 0 aliphatic carbocycles. The van der Waals surface area contributed by atoms with Crippen LogP contribution in [0.15, 0.2) is 47.7 Å². The maximum absolute atomic E-state index is 13.1. The van der Waals surface area contributed by atoms with E-state index in [1.165, 1.54) is 0 Å². The summed E-state index contributed by atoms with van der Waals surface area (Å²) in [5.74, 6) is 1.45. The predicted molar refractivity (Wildman–Crippen MR) is 147 cm³/mol. The zero-order chi connectivity index (χ0) is 27.9. The molecular weight excluding hydrogens is 500 g/mol. The van der Waals surface area contributed by atoms with E-state index in [9.17, 15) is 9.59 Å². The largest absolute Gasteiger partial charge is 0.493 e. The van der Waals surface area contributed by atoms with E-state index in [1.54, 1.807) is 28.3 Å². The Morgan fingerprint density at radius 3 is 2.13 bits per heavy atom. The summed E-state index contributed by atoms with van der Waals surface area (Å²) in [5.41, 5.74) is 3.98. The summed E-state index contributed by atoms with van der Waals surface area (Å²) in [6.07, 6.45) is 0. The van der Waals surface area contributed by atoms with Crippen molar-refractivity contribution in [2.24, 2.45) is 0 Å². The molecule has 1 fully saturated rings. The summed E-state index contributed by atoms with van der Waals surface area (Å²) in [7, 11) is 4.84. The Balaban J connectivity index is 1.49. The lowest BCUT2D eigenvalue weighted by Crippen LogP contribution is -2.51. The summed E-state index contributed by atoms with van der Waals surface area (Å²) in [6, 6.07) is 10.8. The molecule has 0 aromatic heterocycles. The average molecular weight is 539 g/mol. The van der Waals surface area contributed by atoms with Gasteiger partial charge in [-0.15, -0.1) is 0 Å². The van der Waals surface area contributed by atoms with Gasteiger partial charge in [0.2, 0.25) is 5.75 Å². The molecule has 4 rings (SSSR count). The maximum atomic E-state index is 13.1. The topological polar surface area (TPSA) is 102 Å². The second-order valence-corrected chi connectivity index (χ2v) is 9.60. The molecule has 2 heterocycles. The molecule has 39 heavy (non-hydrogen) atoms. The van der Waals surface area contributed by atoms with Crippen LogP contribution in [0.4, 0.5) is 4.79 Å². The molecule has 0 saturated carbocycles. The predicted octanol–water partition coefficient (Wildman–Crippen LogP) is 3.01. The molecule has 210 valence electrons. The van der Waals surface area contributed by atoms with E-state index in [0.717, 1.165) is 42.9 Å². The van der Waals surface area contributed by atoms with Gasteiger partial charge >= 0.3 is 12.0 Å². The van der Waals surface area contributed by atoms with Crippen LogP contribution >= 0.6 is 0 Å². The fraction of sp³-hybridized carbons (Fsp3) is 0.448. The number of benzene rings is 2. The zero-order valence-electron chi connectivity index (χ0n) is 23.3. The number of piperazine rings is 1. The highest BCUT2D eigenvalue weighted by molar-refractivity contribution is 5.95. The highest BCUT2D eigenvalue weighted by atomic mass is 16.5. The third kappa shape index (κ3) is 6.46. The molecule has 2 amide bonds. The van der Waals surface area contributed by atoms with E-state index in [-0.39, 0.29) is 12.6 Å². The fourth-order valence-electron chi connectivity index (χ4n) is 5.06. The minimum absolute atomic E-state index is 0.252. The van der Waals surface area contributed by atoms with Gasteiger partial charge in [0, 0.05) is 50.5 Å². The highest BCUT2D eigenvalue weighted by Crippen LogP contribution is 2.40. The van der Waals surface area contributed by atoms with Crippen LogP contribution in [0.25, 0.3) is 0 Å². The Morgan fingerprint density at radius 2 is 1.54 bits per heavy atom. The van der Waals surface area contributed by atoms with Crippen LogP contribution in [-0.4, -0.2) is 82.5 Å². The first-order chi connectivity index (χ1) is 18.9. The molecule has 0 radical (unpaired) electrons. The van der Waals surface area contributed by atoms with Crippen LogP contribution in [0.3, 0.4) is 0 Å². The molecule has 2 aromatic rings. The number of urea groups is 1. The van der Waals surface area contributed by atoms with E-state index in [0.29, 0.717) is 41.6 Å². The number of amides is 2. The summed E-state index contributed by atoms with van der Waals surface area (Å²) in [5, 5.41) is 5.79. The Labute approximate surface area is 229 Å². The second-order valence-electron chi connectivity index (χ2n) is 9.60. The molecule has 2 N–H and O–H groups in total. The number of nitrogens with one attached hydrogen (secondary N) is 2. The Kier molecular flexibility index (Phi) is 9.32. The molecule has 0 bridgehead atoms. The van der Waals surface area contributed by atoms with Gasteiger partial charge in [0.15, 0.2) is 11.5 Å². The number of rotatable bonds is 10. The number of carbonyl (C=O) groups excluding carboxylic acids is 2. The van der Waals surface area contributed by atoms with Gasteiger partial charge < -0.3 is 29.6 Å². The Morgan fingerprint density at radius 1 is 0.897 bits per heavy atom. The average Bonchev–Trinajstić information content (AvgIpc) is 2.93. The van der Waals surface area contributed by atoms with E-state index < -0.39 is 12.0 Å². The van der Waals surface area contributed by atoms with Gasteiger partial charge in [0.25, 0.3) is 0 Å². The lowest BCUT2D eigenvalue weighted by Gasteiger charge is -2.37. The Hall–Kier alpha value is -3.76. The number of hydrogen-bond acceptors (Lipinski definition) is 8. The first-order valence-corrected chi connectivity index (χ1v) is 13.1. The van der Waals surface area contributed by atoms with Crippen molar-refractivity contribution in [2.75, 3.05) is 60.7 Å². The van der Waals surface area contributed by atoms with Crippen molar-refractivity contribution < 1.29 is 28.5 Å². The molecule has 2 aromatic carbocycles. The smallest absolute Gasteiger partial charge is 0.338 e. The highest BCUT2D eigenvalue weighted by Gasteiger charge is 2.34. The normalized spacial score (nSPS) is 18.3. The van der Waals surface area contributed by atoms with Gasteiger partial charge in [-0.1, -0.05) is 35.9 Å². The summed E-state index contributed by atoms with van der Waals surface area (Å²) < 4.78 is 22.0. The minimum atomic E-state index is -0.577. The van der Waals surface area contributed by atoms with Gasteiger partial charge in [-0.25, -0.2) is 9.59 Å². The van der Waals surface area contributed by atoms with Crippen molar-refractivity contribution in [3.05, 3.63) is 64.4 Å². The van der Waals surface area contributed by atoms with Crippen LogP contribution < -0.4 is 24.8 Å². The number of ether oxygens (including phenoxy) is 4. The number of nitrogens with zero attached hydrogens (tertiary/aromatic N) is 2. The van der Waals surface area contributed by atoms with Gasteiger partial charge in [-0.2, -0.15) is 0 Å². The molecule has 10 nitrogen and oxygen atoms in total. The van der Waals surface area contributed by atoms with Crippen molar-refractivity contribution in [1.29, 1.82) is 0 Å². The first kappa shape index (κ1) is 28.3. The van der Waals surface area contributed by atoms with Crippen LogP contribution in [0.1, 0.15) is 29.7 Å². The van der Waals surface area contributed by atoms with Gasteiger partial charge in [0.05, 0.1) is 39.6 Å². The van der Waals surface area contributed by atoms with Crippen molar-refractivity contribution >= 4 is 12.0 Å². The minimum Gasteiger partial charge on any atom is -0.493 e. The Bertz CT molecular complexity index is 1210. The monoisotopic (exact) mass is 538 g/mol. The van der Waals surface area contributed by atoms with Crippen molar-refractivity contribution in [1.82, 2.24) is 20.4 Å². The van der Waals surface area contributed by atoms with Crippen LogP contribution in [0.5, 0.6) is 17.2 Å². The third-order valence-electron chi connectivity index (χ3n) is 7.09. The zero-order valence-corrected chi connectivity index (χ0v) is 23.3. The lowest BCUT2D eigenvalue weighted by molar-refractivity contribution is -0.139. The molecule has 2 aliphatic heterocycles. The van der Waals surface area contributed by atoms with Gasteiger partial charge in [-0.3, -0.25) is 9.80 Å². The quantitative estimate of drug-likeness (QED) is 0.446. The van der Waals surface area contributed by atoms with Gasteiger partial charge in [0.1, 0.15) is 0 Å². The SMILES string of the molecule is CCOC(=O)C1=C(CN2CCN(Cc3ccc(OC)c(OC)c3OC)CC2)NC(=O)NC1c1ccc(C)cc1. The first-order valence-electron chi connectivity index (χ1n) is 13.1. The molecular formula is C29H38N4O6. The van der Waals surface area contributed by atoms with Crippen LogP contribution in [0.2, 0.25) is 0 Å². The van der Waals surface area contributed by atoms with E-state index in [4.69, 9.17) is 18.9 Å². The van der Waals surface area contributed by atoms with Crippen LogP contribution in [-0.2, 0) is 16.1 Å². The number of aryl methyl sites for hydroxylation is 1. The molecule has 2 aliphatic rings. The molecule has 10 heteroatoms. The fourth-order valence-corrected chi connectivity index (χ4v) is 5.06. The number of esters is 1. The molecule has 1 unspecified atom stereocenters. The van der Waals surface area contributed by atoms with Crippen molar-refractivity contribution in [3.8, 4) is 17.2 Å². The molecule has 0 spiro atoms. The van der Waals surface area contributed by atoms with E-state index in [2.05, 4.69) is 20.4 Å². The third-order valence-corrected chi connectivity index (χ3v) is 7.09. The van der Waals surface area contributed by atoms with Crippen LogP contribution in [0, 0.1) is 6.92 Å².